The van der Waals surface area contributed by atoms with Crippen LogP contribution in [0, 0.1) is 0 Å². The molecule has 9 heteroatoms. The number of nitrogens with zero attached hydrogens (tertiary/aromatic N) is 1. The lowest BCUT2D eigenvalue weighted by atomic mass is 10.2. The van der Waals surface area contributed by atoms with Crippen molar-refractivity contribution in [3.63, 3.8) is 0 Å². The molecule has 7 nitrogen and oxygen atoms in total. The molecule has 0 aliphatic rings. The smallest absolute Gasteiger partial charge is 0.338 e. The maximum Gasteiger partial charge on any atom is 0.338 e. The molecule has 0 aliphatic carbocycles. The predicted molar refractivity (Wildman–Crippen MR) is 113 cm³/mol. The first-order valence-electron chi connectivity index (χ1n) is 8.62. The highest BCUT2D eigenvalue weighted by Gasteiger charge is 2.15. The number of rotatable bonds is 9. The molecular formula is C20H19N3O4S2. The number of esters is 1. The van der Waals surface area contributed by atoms with Gasteiger partial charge in [0.05, 0.1) is 16.2 Å². The van der Waals surface area contributed by atoms with E-state index in [1.807, 2.05) is 30.3 Å². The average molecular weight is 430 g/mol. The van der Waals surface area contributed by atoms with Gasteiger partial charge in [0.2, 0.25) is 10.0 Å². The van der Waals surface area contributed by atoms with Crippen LogP contribution >= 0.6 is 11.3 Å². The summed E-state index contributed by atoms with van der Waals surface area (Å²) in [7, 11) is -3.63. The van der Waals surface area contributed by atoms with Crippen molar-refractivity contribution in [1.82, 2.24) is 9.71 Å². The number of benzene rings is 2. The van der Waals surface area contributed by atoms with Gasteiger partial charge in [0.15, 0.2) is 5.13 Å². The molecule has 0 atom stereocenters. The first-order chi connectivity index (χ1) is 14.0. The third kappa shape index (κ3) is 5.74. The Morgan fingerprint density at radius 1 is 1.14 bits per heavy atom. The van der Waals surface area contributed by atoms with Crippen molar-refractivity contribution >= 4 is 38.1 Å². The summed E-state index contributed by atoms with van der Waals surface area (Å²) in [6.07, 6.45) is 1.45. The molecule has 0 aliphatic heterocycles. The minimum Gasteiger partial charge on any atom is -0.456 e. The normalized spacial score (nSPS) is 11.0. The molecule has 0 amide bonds. The highest BCUT2D eigenvalue weighted by molar-refractivity contribution is 7.89. The van der Waals surface area contributed by atoms with Gasteiger partial charge < -0.3 is 10.1 Å². The predicted octanol–water partition coefficient (Wildman–Crippen LogP) is 3.71. The molecule has 2 aromatic carbocycles. The van der Waals surface area contributed by atoms with E-state index >= 15 is 0 Å². The van der Waals surface area contributed by atoms with Crippen molar-refractivity contribution in [2.45, 2.75) is 11.5 Å². The SMILES string of the molecule is C=CCNS(=O)(=O)c1ccc(C(=O)OCc2csc(Nc3ccccc3)n2)cc1. The van der Waals surface area contributed by atoms with Gasteiger partial charge in [-0.1, -0.05) is 24.3 Å². The number of nitrogens with one attached hydrogen (secondary N) is 2. The summed E-state index contributed by atoms with van der Waals surface area (Å²) in [6, 6.07) is 15.2. The molecule has 3 rings (SSSR count). The second-order valence-electron chi connectivity index (χ2n) is 5.88. The van der Waals surface area contributed by atoms with E-state index in [9.17, 15) is 13.2 Å². The topological polar surface area (TPSA) is 97.4 Å². The number of carbonyl (C=O) groups excluding carboxylic acids is 1. The third-order valence-corrected chi connectivity index (χ3v) is 5.99. The Balaban J connectivity index is 1.56. The first kappa shape index (κ1) is 20.7. The fourth-order valence-electron chi connectivity index (χ4n) is 2.32. The van der Waals surface area contributed by atoms with E-state index in [1.165, 1.54) is 41.7 Å². The molecule has 1 heterocycles. The van der Waals surface area contributed by atoms with Gasteiger partial charge in [-0.2, -0.15) is 0 Å². The zero-order chi connectivity index (χ0) is 20.7. The first-order valence-corrected chi connectivity index (χ1v) is 11.0. The van der Waals surface area contributed by atoms with E-state index in [2.05, 4.69) is 21.6 Å². The second kappa shape index (κ2) is 9.46. The third-order valence-electron chi connectivity index (χ3n) is 3.75. The monoisotopic (exact) mass is 429 g/mol. The van der Waals surface area contributed by atoms with Crippen LogP contribution in [0.3, 0.4) is 0 Å². The van der Waals surface area contributed by atoms with Crippen molar-refractivity contribution in [2.75, 3.05) is 11.9 Å². The van der Waals surface area contributed by atoms with Crippen LogP contribution in [0.25, 0.3) is 0 Å². The number of thiazole rings is 1. The fraction of sp³-hybridized carbons (Fsp3) is 0.100. The Morgan fingerprint density at radius 3 is 2.55 bits per heavy atom. The Labute approximate surface area is 173 Å². The highest BCUT2D eigenvalue weighted by atomic mass is 32.2. The average Bonchev–Trinajstić information content (AvgIpc) is 3.18. The minimum atomic E-state index is -3.63. The molecule has 0 unspecified atom stereocenters. The molecular weight excluding hydrogens is 410 g/mol. The van der Waals surface area contributed by atoms with E-state index < -0.39 is 16.0 Å². The quantitative estimate of drug-likeness (QED) is 0.398. The molecule has 0 bridgehead atoms. The second-order valence-corrected chi connectivity index (χ2v) is 8.50. The summed E-state index contributed by atoms with van der Waals surface area (Å²) >= 11 is 1.41. The molecule has 0 saturated heterocycles. The van der Waals surface area contributed by atoms with Crippen molar-refractivity contribution < 1.29 is 17.9 Å². The largest absolute Gasteiger partial charge is 0.456 e. The van der Waals surface area contributed by atoms with E-state index in [4.69, 9.17) is 4.74 Å². The molecule has 0 spiro atoms. The van der Waals surface area contributed by atoms with Crippen LogP contribution in [0.15, 0.2) is 77.5 Å². The number of aromatic nitrogens is 1. The lowest BCUT2D eigenvalue weighted by Crippen LogP contribution is -2.23. The summed E-state index contributed by atoms with van der Waals surface area (Å²) in [5.41, 5.74) is 1.79. The number of ether oxygens (including phenoxy) is 1. The zero-order valence-corrected chi connectivity index (χ0v) is 17.0. The van der Waals surface area contributed by atoms with Crippen molar-refractivity contribution in [3.05, 3.63) is 83.9 Å². The maximum atomic E-state index is 12.2. The number of anilines is 2. The van der Waals surface area contributed by atoms with Crippen molar-refractivity contribution in [3.8, 4) is 0 Å². The van der Waals surface area contributed by atoms with Crippen LogP contribution in [-0.2, 0) is 21.4 Å². The Kier molecular flexibility index (Phi) is 6.76. The lowest BCUT2D eigenvalue weighted by molar-refractivity contribution is 0.0468. The number of sulfonamides is 1. The van der Waals surface area contributed by atoms with Gasteiger partial charge in [0.1, 0.15) is 6.61 Å². The van der Waals surface area contributed by atoms with Gasteiger partial charge in [0, 0.05) is 17.6 Å². The van der Waals surface area contributed by atoms with E-state index in [0.717, 1.165) is 5.69 Å². The highest BCUT2D eigenvalue weighted by Crippen LogP contribution is 2.21. The van der Waals surface area contributed by atoms with Gasteiger partial charge in [-0.25, -0.2) is 22.9 Å². The van der Waals surface area contributed by atoms with Gasteiger partial charge in [0.25, 0.3) is 0 Å². The fourth-order valence-corrected chi connectivity index (χ4v) is 4.03. The summed E-state index contributed by atoms with van der Waals surface area (Å²) in [6.45, 7) is 3.61. The van der Waals surface area contributed by atoms with Crippen molar-refractivity contribution in [2.24, 2.45) is 0 Å². The van der Waals surface area contributed by atoms with Crippen LogP contribution < -0.4 is 10.0 Å². The van der Waals surface area contributed by atoms with Gasteiger partial charge in [-0.15, -0.1) is 17.9 Å². The number of carbonyl (C=O) groups is 1. The Morgan fingerprint density at radius 2 is 1.86 bits per heavy atom. The van der Waals surface area contributed by atoms with Crippen LogP contribution in [0.4, 0.5) is 10.8 Å². The number of para-hydroxylation sites is 1. The molecule has 3 aromatic rings. The summed E-state index contributed by atoms with van der Waals surface area (Å²) in [5, 5.41) is 5.68. The lowest BCUT2D eigenvalue weighted by Gasteiger charge is -2.06. The van der Waals surface area contributed by atoms with Gasteiger partial charge in [-0.3, -0.25) is 0 Å². The number of hydrogen-bond acceptors (Lipinski definition) is 7. The molecule has 29 heavy (non-hydrogen) atoms. The Hall–Kier alpha value is -3.01. The summed E-state index contributed by atoms with van der Waals surface area (Å²) < 4.78 is 31.7. The van der Waals surface area contributed by atoms with E-state index in [-0.39, 0.29) is 23.6 Å². The molecule has 0 saturated carbocycles. The zero-order valence-electron chi connectivity index (χ0n) is 15.4. The molecule has 1 aromatic heterocycles. The van der Waals surface area contributed by atoms with Crippen molar-refractivity contribution in [1.29, 1.82) is 0 Å². The Bertz CT molecular complexity index is 1080. The van der Waals surface area contributed by atoms with Gasteiger partial charge >= 0.3 is 5.97 Å². The molecule has 0 fully saturated rings. The van der Waals surface area contributed by atoms with E-state index in [1.54, 1.807) is 5.38 Å². The molecule has 0 radical (unpaired) electrons. The van der Waals surface area contributed by atoms with Crippen LogP contribution in [0.2, 0.25) is 0 Å². The number of hydrogen-bond donors (Lipinski definition) is 2. The van der Waals surface area contributed by atoms with Crippen LogP contribution in [0.1, 0.15) is 16.1 Å². The van der Waals surface area contributed by atoms with Gasteiger partial charge in [-0.05, 0) is 36.4 Å². The van der Waals surface area contributed by atoms with E-state index in [0.29, 0.717) is 10.8 Å². The summed E-state index contributed by atoms with van der Waals surface area (Å²) in [4.78, 5) is 16.7. The minimum absolute atomic E-state index is 0.0206. The standard InChI is InChI=1S/C20H19N3O4S2/c1-2-12-21-29(25,26)18-10-8-15(9-11-18)19(24)27-13-17-14-28-20(23-17)22-16-6-4-3-5-7-16/h2-11,14,21H,1,12-13H2,(H,22,23). The maximum absolute atomic E-state index is 12.2. The molecule has 150 valence electrons. The summed E-state index contributed by atoms with van der Waals surface area (Å²) in [5.74, 6) is -0.557. The van der Waals surface area contributed by atoms with Crippen LogP contribution in [0.5, 0.6) is 0 Å². The molecule has 2 N–H and O–H groups in total. The van der Waals surface area contributed by atoms with Crippen LogP contribution in [-0.4, -0.2) is 25.9 Å².